The smallest absolute Gasteiger partial charge is 0.170 e. The molecule has 0 amide bonds. The molecule has 4 aromatic rings. The number of aryl methyl sites for hydroxylation is 3. The predicted octanol–water partition coefficient (Wildman–Crippen LogP) is 7.86. The van der Waals surface area contributed by atoms with Crippen molar-refractivity contribution >= 4 is 33.1 Å². The van der Waals surface area contributed by atoms with Crippen LogP contribution in [0.25, 0.3) is 32.7 Å². The molecule has 6 rings (SSSR count). The van der Waals surface area contributed by atoms with E-state index in [1.807, 2.05) is 0 Å². The number of carbonyl (C=O) groups excluding carboxylic acids is 2. The van der Waals surface area contributed by atoms with Crippen LogP contribution in [0.3, 0.4) is 0 Å². The summed E-state index contributed by atoms with van der Waals surface area (Å²) in [5.74, 6) is -2.25. The van der Waals surface area contributed by atoms with Gasteiger partial charge in [-0.05, 0) is 87.4 Å². The second-order valence-electron chi connectivity index (χ2n) is 12.3. The molecule has 0 radical (unpaired) electrons. The van der Waals surface area contributed by atoms with Crippen LogP contribution in [0.4, 0.5) is 0 Å². The topological polar surface area (TPSA) is 135 Å². The van der Waals surface area contributed by atoms with Gasteiger partial charge in [-0.15, -0.1) is 0 Å². The molecule has 0 saturated heterocycles. The minimum Gasteiger partial charge on any atom is -0.507 e. The Morgan fingerprint density at radius 3 is 1.36 bits per heavy atom. The number of rotatable bonds is 5. The van der Waals surface area contributed by atoms with Crippen molar-refractivity contribution in [3.63, 3.8) is 0 Å². The highest BCUT2D eigenvalue weighted by Gasteiger charge is 2.32. The molecule has 2 aliphatic rings. The number of ketones is 2. The van der Waals surface area contributed by atoms with Gasteiger partial charge in [-0.3, -0.25) is 9.59 Å². The SMILES string of the molecule is Cc1cc2c(O)c(-c3c(C)cc4c(C(=O)C5CCCC5)c(O)c(O)cc4c3O)c(C)cc2c(C(=O)C2CCCC2)c1O. The quantitative estimate of drug-likeness (QED) is 0.122. The molecular formula is C35H36O7. The van der Waals surface area contributed by atoms with Crippen molar-refractivity contribution in [3.8, 4) is 39.9 Å². The summed E-state index contributed by atoms with van der Waals surface area (Å²) in [6, 6.07) is 6.34. The van der Waals surface area contributed by atoms with Crippen LogP contribution in [0.2, 0.25) is 0 Å². The van der Waals surface area contributed by atoms with Gasteiger partial charge in [-0.25, -0.2) is 0 Å². The van der Waals surface area contributed by atoms with Gasteiger partial charge in [-0.2, -0.15) is 0 Å². The van der Waals surface area contributed by atoms with Crippen LogP contribution >= 0.6 is 0 Å². The van der Waals surface area contributed by atoms with E-state index in [2.05, 4.69) is 0 Å². The molecule has 42 heavy (non-hydrogen) atoms. The third-order valence-electron chi connectivity index (χ3n) is 9.54. The lowest BCUT2D eigenvalue weighted by Gasteiger charge is -2.21. The van der Waals surface area contributed by atoms with E-state index in [4.69, 9.17) is 0 Å². The van der Waals surface area contributed by atoms with Crippen molar-refractivity contribution in [1.82, 2.24) is 0 Å². The molecule has 0 spiro atoms. The van der Waals surface area contributed by atoms with Gasteiger partial charge < -0.3 is 25.5 Å². The first-order valence-electron chi connectivity index (χ1n) is 14.8. The minimum absolute atomic E-state index is 0.00229. The first-order chi connectivity index (χ1) is 20.0. The monoisotopic (exact) mass is 568 g/mol. The maximum absolute atomic E-state index is 13.6. The van der Waals surface area contributed by atoms with Crippen molar-refractivity contribution in [3.05, 3.63) is 52.1 Å². The third-order valence-corrected chi connectivity index (χ3v) is 9.54. The Labute approximate surface area is 244 Å². The van der Waals surface area contributed by atoms with Crippen LogP contribution in [0.5, 0.6) is 28.7 Å². The highest BCUT2D eigenvalue weighted by Crippen LogP contribution is 2.51. The fraction of sp³-hybridized carbons (Fsp3) is 0.371. The van der Waals surface area contributed by atoms with Crippen LogP contribution in [0.15, 0.2) is 24.3 Å². The number of fused-ring (bicyclic) bond motifs is 2. The van der Waals surface area contributed by atoms with E-state index in [9.17, 15) is 35.1 Å². The van der Waals surface area contributed by atoms with Gasteiger partial charge in [-0.1, -0.05) is 25.7 Å². The van der Waals surface area contributed by atoms with Gasteiger partial charge in [0.1, 0.15) is 17.2 Å². The van der Waals surface area contributed by atoms with Crippen molar-refractivity contribution in [2.75, 3.05) is 0 Å². The number of carbonyl (C=O) groups is 2. The maximum atomic E-state index is 13.6. The predicted molar refractivity (Wildman–Crippen MR) is 162 cm³/mol. The van der Waals surface area contributed by atoms with Gasteiger partial charge in [0.15, 0.2) is 23.1 Å². The molecule has 0 heterocycles. The summed E-state index contributed by atoms with van der Waals surface area (Å²) < 4.78 is 0. The van der Waals surface area contributed by atoms with Crippen molar-refractivity contribution < 1.29 is 35.1 Å². The van der Waals surface area contributed by atoms with E-state index in [0.717, 1.165) is 38.5 Å². The van der Waals surface area contributed by atoms with E-state index in [-0.39, 0.29) is 57.2 Å². The fourth-order valence-electron chi connectivity index (χ4n) is 7.32. The molecule has 218 valence electrons. The highest BCUT2D eigenvalue weighted by molar-refractivity contribution is 6.17. The summed E-state index contributed by atoms with van der Waals surface area (Å²) in [6.45, 7) is 5.21. The lowest BCUT2D eigenvalue weighted by molar-refractivity contribution is 0.0913. The lowest BCUT2D eigenvalue weighted by atomic mass is 9.84. The zero-order chi connectivity index (χ0) is 30.0. The van der Waals surface area contributed by atoms with E-state index in [1.54, 1.807) is 39.0 Å². The van der Waals surface area contributed by atoms with Crippen LogP contribution in [-0.4, -0.2) is 37.1 Å². The Hall–Kier alpha value is -4.26. The molecule has 0 unspecified atom stereocenters. The number of hydrogen-bond acceptors (Lipinski definition) is 7. The van der Waals surface area contributed by atoms with E-state index >= 15 is 0 Å². The number of aromatic hydroxyl groups is 5. The average Bonchev–Trinajstić information content (AvgIpc) is 3.68. The molecule has 2 fully saturated rings. The normalized spacial score (nSPS) is 16.2. The molecule has 7 nitrogen and oxygen atoms in total. The van der Waals surface area contributed by atoms with Crippen molar-refractivity contribution in [2.24, 2.45) is 11.8 Å². The van der Waals surface area contributed by atoms with Crippen molar-refractivity contribution in [2.45, 2.75) is 72.1 Å². The Bertz CT molecular complexity index is 1670. The van der Waals surface area contributed by atoms with Gasteiger partial charge >= 0.3 is 0 Å². The van der Waals surface area contributed by atoms with Crippen LogP contribution in [0.1, 0.15) is 88.8 Å². The molecule has 0 bridgehead atoms. The molecule has 7 heteroatoms. The van der Waals surface area contributed by atoms with Gasteiger partial charge in [0.05, 0.1) is 11.1 Å². The molecule has 2 saturated carbocycles. The second-order valence-corrected chi connectivity index (χ2v) is 12.3. The summed E-state index contributed by atoms with van der Waals surface area (Å²) in [4.78, 5) is 27.0. The molecular weight excluding hydrogens is 532 g/mol. The Morgan fingerprint density at radius 2 is 0.905 bits per heavy atom. The van der Waals surface area contributed by atoms with Gasteiger partial charge in [0.25, 0.3) is 0 Å². The summed E-state index contributed by atoms with van der Waals surface area (Å²) in [5, 5.41) is 57.1. The Morgan fingerprint density at radius 1 is 0.524 bits per heavy atom. The van der Waals surface area contributed by atoms with Crippen LogP contribution in [-0.2, 0) is 0 Å². The van der Waals surface area contributed by atoms with E-state index in [1.165, 1.54) is 6.07 Å². The number of hydrogen-bond donors (Lipinski definition) is 5. The zero-order valence-corrected chi connectivity index (χ0v) is 24.2. The van der Waals surface area contributed by atoms with Crippen molar-refractivity contribution in [1.29, 1.82) is 0 Å². The molecule has 0 aromatic heterocycles. The fourth-order valence-corrected chi connectivity index (χ4v) is 7.32. The van der Waals surface area contributed by atoms with Gasteiger partial charge in [0, 0.05) is 44.5 Å². The summed E-state index contributed by atoms with van der Waals surface area (Å²) in [5.41, 5.74) is 2.48. The Balaban J connectivity index is 1.60. The van der Waals surface area contributed by atoms with E-state index in [0.29, 0.717) is 56.8 Å². The van der Waals surface area contributed by atoms with Gasteiger partial charge in [0.2, 0.25) is 0 Å². The molecule has 0 aliphatic heterocycles. The summed E-state index contributed by atoms with van der Waals surface area (Å²) in [6.07, 6.45) is 6.76. The minimum atomic E-state index is -0.505. The second kappa shape index (κ2) is 10.2. The van der Waals surface area contributed by atoms with Crippen LogP contribution < -0.4 is 0 Å². The first-order valence-corrected chi connectivity index (χ1v) is 14.8. The standard InChI is InChI=1S/C35H36O7/c1-16-12-21-23(14-18(3)30(37)28(21)31(38)19-8-4-5-9-19)33(40)26(16)27-17(2)13-22-24(34(27)41)15-25(36)35(42)29(22)32(39)20-10-6-7-11-20/h12-15,19-20,36-37,40-42H,4-11H2,1-3H3. The molecule has 5 N–H and O–H groups in total. The molecule has 2 aliphatic carbocycles. The summed E-state index contributed by atoms with van der Waals surface area (Å²) in [7, 11) is 0. The highest BCUT2D eigenvalue weighted by atomic mass is 16.3. The maximum Gasteiger partial charge on any atom is 0.170 e. The number of Topliss-reactive ketones (excluding diaryl/α,β-unsaturated/α-hetero) is 2. The van der Waals surface area contributed by atoms with E-state index < -0.39 is 11.5 Å². The number of phenols is 5. The largest absolute Gasteiger partial charge is 0.507 e. The average molecular weight is 569 g/mol. The Kier molecular flexibility index (Phi) is 6.79. The summed E-state index contributed by atoms with van der Waals surface area (Å²) >= 11 is 0. The molecule has 0 atom stereocenters. The zero-order valence-electron chi connectivity index (χ0n) is 24.2. The molecule has 4 aromatic carbocycles. The number of benzene rings is 4. The lowest BCUT2D eigenvalue weighted by Crippen LogP contribution is -2.12. The first kappa shape index (κ1) is 27.9. The van der Waals surface area contributed by atoms with Crippen LogP contribution in [0, 0.1) is 32.6 Å². The number of phenolic OH excluding ortho intramolecular Hbond substituents is 5. The third kappa shape index (κ3) is 4.17.